The average molecular weight is 278 g/mol. The van der Waals surface area contributed by atoms with Gasteiger partial charge in [-0.25, -0.2) is 4.39 Å². The molecule has 2 aliphatic rings. The van der Waals surface area contributed by atoms with E-state index in [1.807, 2.05) is 12.1 Å². The summed E-state index contributed by atoms with van der Waals surface area (Å²) >= 11 is 0. The second-order valence-electron chi connectivity index (χ2n) is 6.02. The van der Waals surface area contributed by atoms with Gasteiger partial charge in [0.1, 0.15) is 5.82 Å². The van der Waals surface area contributed by atoms with Gasteiger partial charge < -0.3 is 15.4 Å². The van der Waals surface area contributed by atoms with Gasteiger partial charge in [0.15, 0.2) is 0 Å². The van der Waals surface area contributed by atoms with Crippen LogP contribution in [0.2, 0.25) is 0 Å². The molecule has 2 bridgehead atoms. The highest BCUT2D eigenvalue weighted by Crippen LogP contribution is 2.31. The van der Waals surface area contributed by atoms with Gasteiger partial charge in [-0.05, 0) is 43.4 Å². The van der Waals surface area contributed by atoms with Crippen LogP contribution in [0.4, 0.5) is 10.1 Å². The number of fused-ring (bicyclic) bond motifs is 2. The van der Waals surface area contributed by atoms with Crippen molar-refractivity contribution in [3.8, 4) is 0 Å². The lowest BCUT2D eigenvalue weighted by Gasteiger charge is -2.34. The molecule has 0 amide bonds. The van der Waals surface area contributed by atoms with Gasteiger partial charge in [0.25, 0.3) is 0 Å². The van der Waals surface area contributed by atoms with E-state index in [-0.39, 0.29) is 24.1 Å². The molecule has 20 heavy (non-hydrogen) atoms. The maximum absolute atomic E-state index is 14.3. The van der Waals surface area contributed by atoms with Gasteiger partial charge in [-0.1, -0.05) is 13.0 Å². The fourth-order valence-electron chi connectivity index (χ4n) is 3.19. The summed E-state index contributed by atoms with van der Waals surface area (Å²) in [6.45, 7) is 3.67. The molecule has 110 valence electrons. The van der Waals surface area contributed by atoms with E-state index in [1.54, 1.807) is 6.07 Å². The van der Waals surface area contributed by atoms with Gasteiger partial charge in [0.2, 0.25) is 0 Å². The van der Waals surface area contributed by atoms with Gasteiger partial charge in [-0.15, -0.1) is 0 Å². The molecule has 2 saturated heterocycles. The number of ether oxygens (including phenoxy) is 1. The van der Waals surface area contributed by atoms with Crippen molar-refractivity contribution in [3.63, 3.8) is 0 Å². The number of nitrogens with two attached hydrogens (primary N) is 1. The van der Waals surface area contributed by atoms with Crippen LogP contribution >= 0.6 is 0 Å². The van der Waals surface area contributed by atoms with E-state index in [0.717, 1.165) is 44.3 Å². The molecular weight excluding hydrogens is 255 g/mol. The van der Waals surface area contributed by atoms with E-state index in [4.69, 9.17) is 10.5 Å². The van der Waals surface area contributed by atoms with Crippen molar-refractivity contribution < 1.29 is 9.13 Å². The molecule has 2 fully saturated rings. The second kappa shape index (κ2) is 5.70. The van der Waals surface area contributed by atoms with Crippen molar-refractivity contribution in [1.29, 1.82) is 0 Å². The third-order valence-electron chi connectivity index (χ3n) is 4.42. The minimum Gasteiger partial charge on any atom is -0.371 e. The van der Waals surface area contributed by atoms with E-state index in [0.29, 0.717) is 5.69 Å². The van der Waals surface area contributed by atoms with E-state index in [2.05, 4.69) is 11.8 Å². The standard InChI is InChI=1S/C16H23FN2O/c1-2-12(18)7-11-3-6-16(15(17)8-11)19-9-13-4-5-14(10-19)20-13/h3,6,8,12-14H,2,4-5,7,9-10,18H2,1H3. The van der Waals surface area contributed by atoms with Gasteiger partial charge >= 0.3 is 0 Å². The molecule has 3 rings (SSSR count). The lowest BCUT2D eigenvalue weighted by atomic mass is 10.0. The molecule has 2 heterocycles. The maximum Gasteiger partial charge on any atom is 0.146 e. The summed E-state index contributed by atoms with van der Waals surface area (Å²) in [5.74, 6) is -0.132. The minimum atomic E-state index is -0.132. The SMILES string of the molecule is CCC(N)Cc1ccc(N2CC3CCC(C2)O3)c(F)c1. The third-order valence-corrected chi connectivity index (χ3v) is 4.42. The Hall–Kier alpha value is -1.13. The van der Waals surface area contributed by atoms with Crippen LogP contribution in [0.15, 0.2) is 18.2 Å². The van der Waals surface area contributed by atoms with E-state index < -0.39 is 0 Å². The number of hydrogen-bond donors (Lipinski definition) is 1. The smallest absolute Gasteiger partial charge is 0.146 e. The van der Waals surface area contributed by atoms with Crippen molar-refractivity contribution in [1.82, 2.24) is 0 Å². The Kier molecular flexibility index (Phi) is 3.94. The fourth-order valence-corrected chi connectivity index (χ4v) is 3.19. The largest absolute Gasteiger partial charge is 0.371 e. The highest BCUT2D eigenvalue weighted by molar-refractivity contribution is 5.50. The molecule has 0 spiro atoms. The lowest BCUT2D eigenvalue weighted by molar-refractivity contribution is 0.0303. The van der Waals surface area contributed by atoms with Gasteiger partial charge in [-0.3, -0.25) is 0 Å². The monoisotopic (exact) mass is 278 g/mol. The van der Waals surface area contributed by atoms with Crippen LogP contribution < -0.4 is 10.6 Å². The van der Waals surface area contributed by atoms with Crippen LogP contribution in [-0.2, 0) is 11.2 Å². The van der Waals surface area contributed by atoms with Crippen LogP contribution in [0.25, 0.3) is 0 Å². The first-order valence-corrected chi connectivity index (χ1v) is 7.60. The average Bonchev–Trinajstić information content (AvgIpc) is 2.77. The molecule has 3 atom stereocenters. The molecule has 1 aromatic carbocycles. The highest BCUT2D eigenvalue weighted by atomic mass is 19.1. The van der Waals surface area contributed by atoms with E-state index >= 15 is 0 Å². The molecule has 0 aromatic heterocycles. The Bertz CT molecular complexity index is 468. The first-order valence-electron chi connectivity index (χ1n) is 7.60. The van der Waals surface area contributed by atoms with Crippen LogP contribution in [0, 0.1) is 5.82 Å². The predicted molar refractivity (Wildman–Crippen MR) is 78.5 cm³/mol. The molecule has 0 aliphatic carbocycles. The van der Waals surface area contributed by atoms with Crippen LogP contribution in [0.3, 0.4) is 0 Å². The van der Waals surface area contributed by atoms with Crippen molar-refractivity contribution >= 4 is 5.69 Å². The number of benzene rings is 1. The molecule has 2 N–H and O–H groups in total. The van der Waals surface area contributed by atoms with Crippen LogP contribution in [0.1, 0.15) is 31.7 Å². The van der Waals surface area contributed by atoms with Crippen LogP contribution in [-0.4, -0.2) is 31.3 Å². The zero-order valence-corrected chi connectivity index (χ0v) is 12.0. The van der Waals surface area contributed by atoms with Gasteiger partial charge in [-0.2, -0.15) is 0 Å². The summed E-state index contributed by atoms with van der Waals surface area (Å²) in [5.41, 5.74) is 7.62. The summed E-state index contributed by atoms with van der Waals surface area (Å²) in [5, 5.41) is 0. The first-order chi connectivity index (χ1) is 9.65. The first kappa shape index (κ1) is 13.8. The number of rotatable bonds is 4. The quantitative estimate of drug-likeness (QED) is 0.919. The number of hydrogen-bond acceptors (Lipinski definition) is 3. The third kappa shape index (κ3) is 2.81. The summed E-state index contributed by atoms with van der Waals surface area (Å²) in [4.78, 5) is 2.13. The summed E-state index contributed by atoms with van der Waals surface area (Å²) in [6.07, 6.45) is 4.42. The maximum atomic E-state index is 14.3. The van der Waals surface area contributed by atoms with Crippen molar-refractivity contribution in [2.75, 3.05) is 18.0 Å². The fraction of sp³-hybridized carbons (Fsp3) is 0.625. The Morgan fingerprint density at radius 3 is 2.65 bits per heavy atom. The number of anilines is 1. The predicted octanol–water partition coefficient (Wildman–Crippen LogP) is 2.47. The Labute approximate surface area is 119 Å². The molecule has 1 aromatic rings. The lowest BCUT2D eigenvalue weighted by Crippen LogP contribution is -2.43. The topological polar surface area (TPSA) is 38.5 Å². The van der Waals surface area contributed by atoms with E-state index in [9.17, 15) is 4.39 Å². The summed E-state index contributed by atoms with van der Waals surface area (Å²) < 4.78 is 20.1. The molecule has 4 heteroatoms. The van der Waals surface area contributed by atoms with Crippen molar-refractivity contribution in [2.45, 2.75) is 50.9 Å². The Morgan fingerprint density at radius 2 is 2.05 bits per heavy atom. The summed E-state index contributed by atoms with van der Waals surface area (Å²) in [6, 6.07) is 5.66. The summed E-state index contributed by atoms with van der Waals surface area (Å²) in [7, 11) is 0. The Balaban J connectivity index is 1.74. The molecule has 3 unspecified atom stereocenters. The highest BCUT2D eigenvalue weighted by Gasteiger charge is 2.34. The van der Waals surface area contributed by atoms with E-state index in [1.165, 1.54) is 0 Å². The van der Waals surface area contributed by atoms with Crippen molar-refractivity contribution in [3.05, 3.63) is 29.6 Å². The van der Waals surface area contributed by atoms with Crippen molar-refractivity contribution in [2.24, 2.45) is 5.73 Å². The zero-order valence-electron chi connectivity index (χ0n) is 12.0. The molecular formula is C16H23FN2O. The number of morpholine rings is 1. The molecule has 0 radical (unpaired) electrons. The molecule has 3 nitrogen and oxygen atoms in total. The van der Waals surface area contributed by atoms with Gasteiger partial charge in [0, 0.05) is 19.1 Å². The Morgan fingerprint density at radius 1 is 1.35 bits per heavy atom. The normalized spacial score (nSPS) is 26.9. The minimum absolute atomic E-state index is 0.111. The molecule has 0 saturated carbocycles. The van der Waals surface area contributed by atoms with Gasteiger partial charge in [0.05, 0.1) is 17.9 Å². The zero-order chi connectivity index (χ0) is 14.1. The second-order valence-corrected chi connectivity index (χ2v) is 6.02. The number of halogens is 1. The molecule has 2 aliphatic heterocycles. The van der Waals surface area contributed by atoms with Crippen LogP contribution in [0.5, 0.6) is 0 Å². The number of nitrogens with zero attached hydrogens (tertiary/aromatic N) is 1.